The fourth-order valence-corrected chi connectivity index (χ4v) is 1.45. The first-order valence-electron chi connectivity index (χ1n) is 6.31. The van der Waals surface area contributed by atoms with E-state index in [0.29, 0.717) is 5.56 Å². The second-order valence-corrected chi connectivity index (χ2v) is 5.25. The van der Waals surface area contributed by atoms with Crippen molar-refractivity contribution in [3.8, 4) is 0 Å². The number of aromatic nitrogens is 1. The first kappa shape index (κ1) is 16.6. The number of hydrogen-bond donors (Lipinski definition) is 1. The average Bonchev–Trinajstić information content (AvgIpc) is 2.37. The van der Waals surface area contributed by atoms with Gasteiger partial charge in [0.05, 0.1) is 7.11 Å². The van der Waals surface area contributed by atoms with Crippen LogP contribution in [-0.4, -0.2) is 35.5 Å². The number of carbonyl (C=O) groups excluding carboxylic acids is 2. The van der Waals surface area contributed by atoms with Gasteiger partial charge in [-0.1, -0.05) is 6.07 Å². The molecule has 1 heterocycles. The molecule has 1 aromatic heterocycles. The van der Waals surface area contributed by atoms with Crippen LogP contribution in [0.1, 0.15) is 26.3 Å². The fourth-order valence-electron chi connectivity index (χ4n) is 1.45. The van der Waals surface area contributed by atoms with Crippen molar-refractivity contribution in [1.82, 2.24) is 4.98 Å². The second-order valence-electron chi connectivity index (χ2n) is 5.25. The molecule has 0 spiro atoms. The molecule has 21 heavy (non-hydrogen) atoms. The molecule has 0 bridgehead atoms. The van der Waals surface area contributed by atoms with Gasteiger partial charge in [-0.3, -0.25) is 0 Å². The van der Waals surface area contributed by atoms with E-state index < -0.39 is 17.7 Å². The van der Waals surface area contributed by atoms with Gasteiger partial charge < -0.3 is 15.2 Å². The number of esters is 1. The lowest BCUT2D eigenvalue weighted by molar-refractivity contribution is -0.132. The van der Waals surface area contributed by atoms with E-state index in [2.05, 4.69) is 14.7 Å². The Labute approximate surface area is 123 Å². The highest BCUT2D eigenvalue weighted by Crippen LogP contribution is 2.11. The van der Waals surface area contributed by atoms with Gasteiger partial charge in [0.15, 0.2) is 0 Å². The summed E-state index contributed by atoms with van der Waals surface area (Å²) >= 11 is 0. The van der Waals surface area contributed by atoms with Gasteiger partial charge in [-0.2, -0.15) is 4.99 Å². The van der Waals surface area contributed by atoms with Gasteiger partial charge in [-0.05, 0) is 26.8 Å². The topological polar surface area (TPSA) is 104 Å². The van der Waals surface area contributed by atoms with E-state index in [0.717, 1.165) is 0 Å². The van der Waals surface area contributed by atoms with E-state index in [1.54, 1.807) is 32.9 Å². The summed E-state index contributed by atoms with van der Waals surface area (Å²) in [4.78, 5) is 31.0. The summed E-state index contributed by atoms with van der Waals surface area (Å²) in [5.41, 5.74) is 5.49. The second kappa shape index (κ2) is 6.83. The summed E-state index contributed by atoms with van der Waals surface area (Å²) in [6.07, 6.45) is 0.707. The third-order valence-corrected chi connectivity index (χ3v) is 2.32. The Morgan fingerprint density at radius 3 is 2.57 bits per heavy atom. The maximum Gasteiger partial charge on any atom is 0.434 e. The van der Waals surface area contributed by atoms with Crippen LogP contribution in [-0.2, 0) is 20.7 Å². The Bertz CT molecular complexity index is 562. The Kier molecular flexibility index (Phi) is 5.40. The minimum absolute atomic E-state index is 0.0333. The van der Waals surface area contributed by atoms with Crippen LogP contribution in [0, 0.1) is 0 Å². The van der Waals surface area contributed by atoms with Crippen molar-refractivity contribution in [3.05, 3.63) is 23.9 Å². The summed E-state index contributed by atoms with van der Waals surface area (Å²) < 4.78 is 9.67. The number of rotatable bonds is 3. The molecule has 2 N–H and O–H groups in total. The zero-order valence-corrected chi connectivity index (χ0v) is 12.5. The third-order valence-electron chi connectivity index (χ3n) is 2.32. The van der Waals surface area contributed by atoms with Crippen LogP contribution >= 0.6 is 0 Å². The molecule has 114 valence electrons. The summed E-state index contributed by atoms with van der Waals surface area (Å²) in [7, 11) is 1.21. The predicted octanol–water partition coefficient (Wildman–Crippen LogP) is 1.76. The maximum absolute atomic E-state index is 11.7. The molecule has 0 aliphatic rings. The first-order valence-corrected chi connectivity index (χ1v) is 6.31. The van der Waals surface area contributed by atoms with E-state index in [1.165, 1.54) is 13.3 Å². The minimum Gasteiger partial charge on any atom is -0.465 e. The van der Waals surface area contributed by atoms with Crippen molar-refractivity contribution in [1.29, 1.82) is 0 Å². The van der Waals surface area contributed by atoms with Crippen molar-refractivity contribution < 1.29 is 19.1 Å². The summed E-state index contributed by atoms with van der Waals surface area (Å²) in [6.45, 7) is 5.12. The van der Waals surface area contributed by atoms with E-state index in [4.69, 9.17) is 10.5 Å². The lowest BCUT2D eigenvalue weighted by atomic mass is 10.1. The van der Waals surface area contributed by atoms with Crippen LogP contribution < -0.4 is 5.73 Å². The molecule has 0 saturated carbocycles. The lowest BCUT2D eigenvalue weighted by Gasteiger charge is -2.17. The van der Waals surface area contributed by atoms with E-state index in [9.17, 15) is 9.59 Å². The molecule has 1 amide bonds. The van der Waals surface area contributed by atoms with Crippen LogP contribution in [0.15, 0.2) is 23.3 Å². The van der Waals surface area contributed by atoms with Crippen LogP contribution in [0.3, 0.4) is 0 Å². The number of methoxy groups -OCH3 is 1. The highest BCUT2D eigenvalue weighted by molar-refractivity contribution is 6.38. The zero-order valence-electron chi connectivity index (χ0n) is 12.5. The number of ether oxygens (including phenoxy) is 2. The number of amides is 1. The van der Waals surface area contributed by atoms with E-state index in [1.807, 2.05) is 0 Å². The number of hydrogen-bond acceptors (Lipinski definition) is 6. The maximum atomic E-state index is 11.7. The summed E-state index contributed by atoms with van der Waals surface area (Å²) in [5, 5.41) is 0. The molecule has 0 fully saturated rings. The molecular weight excluding hydrogens is 274 g/mol. The molecule has 0 aromatic carbocycles. The largest absolute Gasteiger partial charge is 0.465 e. The number of carbonyl (C=O) groups is 2. The molecule has 1 aromatic rings. The van der Waals surface area contributed by atoms with Crippen LogP contribution in [0.2, 0.25) is 0 Å². The molecule has 7 heteroatoms. The minimum atomic E-state index is -0.856. The standard InChI is InChI=1S/C14H19N3O4/c1-14(2,3)21-13(19)17-10(12(18)20-4)8-9-6-5-7-16-11(9)15/h5-7H,8H2,1-4H3,(H2,15,16). The molecule has 0 aliphatic carbocycles. The molecule has 0 unspecified atom stereocenters. The molecule has 1 rings (SSSR count). The monoisotopic (exact) mass is 293 g/mol. The number of nitrogen functional groups attached to an aromatic ring is 1. The number of nitrogens with two attached hydrogens (primary N) is 1. The molecule has 0 saturated heterocycles. The summed E-state index contributed by atoms with van der Waals surface area (Å²) in [5.74, 6) is -0.456. The van der Waals surface area contributed by atoms with Crippen LogP contribution in [0.25, 0.3) is 0 Å². The SMILES string of the molecule is COC(=O)C(Cc1cccnc1N)=NC(=O)OC(C)(C)C. The Morgan fingerprint density at radius 2 is 2.05 bits per heavy atom. The van der Waals surface area contributed by atoms with Gasteiger partial charge >= 0.3 is 12.1 Å². The van der Waals surface area contributed by atoms with E-state index in [-0.39, 0.29) is 18.0 Å². The van der Waals surface area contributed by atoms with Gasteiger partial charge in [0, 0.05) is 18.2 Å². The van der Waals surface area contributed by atoms with Crippen LogP contribution in [0.4, 0.5) is 10.6 Å². The first-order chi connectivity index (χ1) is 9.73. The summed E-state index contributed by atoms with van der Waals surface area (Å²) in [6, 6.07) is 3.37. The molecule has 0 atom stereocenters. The smallest absolute Gasteiger partial charge is 0.434 e. The fraction of sp³-hybridized carbons (Fsp3) is 0.429. The molecule has 0 aliphatic heterocycles. The highest BCUT2D eigenvalue weighted by Gasteiger charge is 2.20. The molecule has 0 radical (unpaired) electrons. The Morgan fingerprint density at radius 1 is 1.38 bits per heavy atom. The molecule has 7 nitrogen and oxygen atoms in total. The van der Waals surface area contributed by atoms with Crippen molar-refractivity contribution in [2.24, 2.45) is 4.99 Å². The van der Waals surface area contributed by atoms with Gasteiger partial charge in [0.25, 0.3) is 0 Å². The van der Waals surface area contributed by atoms with Crippen molar-refractivity contribution >= 4 is 23.6 Å². The van der Waals surface area contributed by atoms with Gasteiger partial charge in [-0.15, -0.1) is 0 Å². The average molecular weight is 293 g/mol. The number of anilines is 1. The van der Waals surface area contributed by atoms with Crippen molar-refractivity contribution in [3.63, 3.8) is 0 Å². The Hall–Kier alpha value is -2.44. The quantitative estimate of drug-likeness (QED) is 0.672. The van der Waals surface area contributed by atoms with Crippen molar-refractivity contribution in [2.75, 3.05) is 12.8 Å². The number of pyridine rings is 1. The Balaban J connectivity index is 2.99. The van der Waals surface area contributed by atoms with Gasteiger partial charge in [-0.25, -0.2) is 14.6 Å². The van der Waals surface area contributed by atoms with Crippen LogP contribution in [0.5, 0.6) is 0 Å². The molecular formula is C14H19N3O4. The third kappa shape index (κ3) is 5.60. The van der Waals surface area contributed by atoms with Gasteiger partial charge in [0.2, 0.25) is 0 Å². The highest BCUT2D eigenvalue weighted by atomic mass is 16.6. The predicted molar refractivity (Wildman–Crippen MR) is 78.0 cm³/mol. The van der Waals surface area contributed by atoms with Gasteiger partial charge in [0.1, 0.15) is 17.1 Å². The van der Waals surface area contributed by atoms with E-state index >= 15 is 0 Å². The number of nitrogens with zero attached hydrogens (tertiary/aromatic N) is 2. The zero-order chi connectivity index (χ0) is 16.0. The lowest BCUT2D eigenvalue weighted by Crippen LogP contribution is -2.25. The number of aliphatic imine (C=N–C) groups is 1. The van der Waals surface area contributed by atoms with Crippen molar-refractivity contribution in [2.45, 2.75) is 32.8 Å². The normalized spacial score (nSPS) is 11.9.